The molecule has 62 valence electrons. The van der Waals surface area contributed by atoms with E-state index in [1.54, 1.807) is 0 Å². The fraction of sp³-hybridized carbons (Fsp3) is 1.00. The molecule has 0 aromatic carbocycles. The lowest BCUT2D eigenvalue weighted by molar-refractivity contribution is 0.0386. The summed E-state index contributed by atoms with van der Waals surface area (Å²) in [5, 5.41) is 10.4. The van der Waals surface area contributed by atoms with Gasteiger partial charge in [-0.25, -0.2) is 0 Å². The average molecular weight is 209 g/mol. The van der Waals surface area contributed by atoms with Crippen molar-refractivity contribution < 1.29 is 5.11 Å². The molecule has 0 aromatic heterocycles. The third-order valence-corrected chi connectivity index (χ3v) is 2.79. The largest absolute Gasteiger partial charge is 0.390 e. The maximum Gasteiger partial charge on any atom is 0.0597 e. The predicted molar refractivity (Wildman–Crippen MR) is 48.5 cm³/mol. The lowest BCUT2D eigenvalue weighted by Gasteiger charge is -2.29. The van der Waals surface area contributed by atoms with Gasteiger partial charge in [0.05, 0.1) is 5.60 Å². The molecular weight excluding hydrogens is 192 g/mol. The minimum atomic E-state index is -0.544. The summed E-state index contributed by atoms with van der Waals surface area (Å²) >= 11 is 3.41. The van der Waals surface area contributed by atoms with E-state index in [0.717, 1.165) is 11.8 Å². The van der Waals surface area contributed by atoms with E-state index >= 15 is 0 Å². The molecule has 0 aromatic rings. The van der Waals surface area contributed by atoms with E-state index in [9.17, 15) is 5.11 Å². The molecule has 0 atom stereocenters. The van der Waals surface area contributed by atoms with Crippen molar-refractivity contribution in [1.29, 1.82) is 0 Å². The van der Waals surface area contributed by atoms with Crippen LogP contribution in [0.15, 0.2) is 0 Å². The highest BCUT2D eigenvalue weighted by Crippen LogP contribution is 2.29. The predicted octanol–water partition coefficient (Wildman–Crippen LogP) is 2.57. The maximum atomic E-state index is 9.46. The van der Waals surface area contributed by atoms with Gasteiger partial charge in [-0.15, -0.1) is 0 Å². The molecule has 0 spiro atoms. The van der Waals surface area contributed by atoms with Gasteiger partial charge in [0.25, 0.3) is 0 Å². The van der Waals surface area contributed by atoms with Crippen LogP contribution in [0.5, 0.6) is 0 Å². The maximum absolute atomic E-state index is 9.46. The molecule has 0 aliphatic rings. The zero-order chi connectivity index (χ0) is 8.41. The van der Waals surface area contributed by atoms with Gasteiger partial charge >= 0.3 is 0 Å². The normalized spacial score (nSPS) is 13.8. The molecule has 1 N–H and O–H groups in total. The summed E-state index contributed by atoms with van der Waals surface area (Å²) in [5.41, 5.74) is -0.352. The molecule has 10 heavy (non-hydrogen) atoms. The minimum absolute atomic E-state index is 0.193. The average Bonchev–Trinajstić information content (AvgIpc) is 1.60. The van der Waals surface area contributed by atoms with Crippen LogP contribution in [-0.2, 0) is 0 Å². The van der Waals surface area contributed by atoms with Gasteiger partial charge in [0.15, 0.2) is 0 Å². The lowest BCUT2D eigenvalue weighted by Crippen LogP contribution is -2.29. The highest BCUT2D eigenvalue weighted by molar-refractivity contribution is 9.09. The fourth-order valence-electron chi connectivity index (χ4n) is 1.22. The van der Waals surface area contributed by atoms with Crippen molar-refractivity contribution in [2.24, 2.45) is 5.41 Å². The summed E-state index contributed by atoms with van der Waals surface area (Å²) in [6.07, 6.45) is 0.825. The third-order valence-electron chi connectivity index (χ3n) is 1.27. The van der Waals surface area contributed by atoms with Gasteiger partial charge in [0, 0.05) is 5.33 Å². The molecule has 0 saturated heterocycles. The molecule has 0 saturated carbocycles. The molecule has 0 fully saturated rings. The number of rotatable bonds is 3. The van der Waals surface area contributed by atoms with Crippen molar-refractivity contribution in [2.45, 2.75) is 39.7 Å². The second kappa shape index (κ2) is 3.22. The fourth-order valence-corrected chi connectivity index (χ4v) is 1.42. The molecule has 0 amide bonds. The van der Waals surface area contributed by atoms with Gasteiger partial charge < -0.3 is 5.11 Å². The Balaban J connectivity index is 3.89. The first kappa shape index (κ1) is 10.4. The van der Waals surface area contributed by atoms with Gasteiger partial charge in [0.1, 0.15) is 0 Å². The minimum Gasteiger partial charge on any atom is -0.390 e. The first-order valence-electron chi connectivity index (χ1n) is 3.55. The summed E-state index contributed by atoms with van der Waals surface area (Å²) in [7, 11) is 0. The Bertz CT molecular complexity index is 102. The van der Waals surface area contributed by atoms with E-state index in [2.05, 4.69) is 29.8 Å². The number of aliphatic hydroxyl groups is 1. The van der Waals surface area contributed by atoms with Crippen molar-refractivity contribution in [2.75, 3.05) is 5.33 Å². The molecule has 2 heteroatoms. The summed E-state index contributed by atoms with van der Waals surface area (Å²) in [6.45, 7) is 7.97. The molecule has 0 unspecified atom stereocenters. The van der Waals surface area contributed by atoms with Crippen molar-refractivity contribution >= 4 is 15.9 Å². The molecule has 0 aliphatic heterocycles. The number of hydrogen-bond acceptors (Lipinski definition) is 1. The lowest BCUT2D eigenvalue weighted by atomic mass is 9.84. The molecule has 0 radical (unpaired) electrons. The number of alkyl halides is 1. The molecule has 0 bridgehead atoms. The zero-order valence-corrected chi connectivity index (χ0v) is 8.83. The van der Waals surface area contributed by atoms with E-state index in [-0.39, 0.29) is 5.41 Å². The van der Waals surface area contributed by atoms with E-state index < -0.39 is 5.60 Å². The van der Waals surface area contributed by atoms with Crippen LogP contribution in [0.1, 0.15) is 34.1 Å². The zero-order valence-electron chi connectivity index (χ0n) is 7.24. The van der Waals surface area contributed by atoms with Crippen molar-refractivity contribution in [3.63, 3.8) is 0 Å². The van der Waals surface area contributed by atoms with Crippen LogP contribution in [0.4, 0.5) is 0 Å². The second-order valence-electron chi connectivity index (χ2n) is 4.29. The van der Waals surface area contributed by atoms with Crippen LogP contribution >= 0.6 is 15.9 Å². The molecular formula is C8H17BrO. The summed E-state index contributed by atoms with van der Waals surface area (Å²) in [6, 6.07) is 0. The quantitative estimate of drug-likeness (QED) is 0.708. The van der Waals surface area contributed by atoms with Crippen LogP contribution in [0.2, 0.25) is 0 Å². The van der Waals surface area contributed by atoms with Crippen LogP contribution in [0.3, 0.4) is 0 Å². The highest BCUT2D eigenvalue weighted by Gasteiger charge is 2.25. The van der Waals surface area contributed by atoms with Crippen LogP contribution in [0.25, 0.3) is 0 Å². The van der Waals surface area contributed by atoms with Crippen LogP contribution in [0, 0.1) is 5.41 Å². The van der Waals surface area contributed by atoms with E-state index in [1.165, 1.54) is 0 Å². The summed E-state index contributed by atoms with van der Waals surface area (Å²) in [4.78, 5) is 0. The summed E-state index contributed by atoms with van der Waals surface area (Å²) < 4.78 is 0. The second-order valence-corrected chi connectivity index (χ2v) is 4.85. The topological polar surface area (TPSA) is 20.2 Å². The standard InChI is InChI=1S/C8H17BrO/c1-7(2,6-9)5-8(3,4)10/h10H,5-6H2,1-4H3. The Morgan fingerprint density at radius 1 is 1.20 bits per heavy atom. The molecule has 1 nitrogen and oxygen atoms in total. The third kappa shape index (κ3) is 5.24. The Kier molecular flexibility index (Phi) is 3.37. The van der Waals surface area contributed by atoms with Crippen LogP contribution in [-0.4, -0.2) is 16.0 Å². The first-order chi connectivity index (χ1) is 4.27. The van der Waals surface area contributed by atoms with E-state index in [4.69, 9.17) is 0 Å². The van der Waals surface area contributed by atoms with Crippen molar-refractivity contribution in [3.8, 4) is 0 Å². The Morgan fingerprint density at radius 2 is 1.60 bits per heavy atom. The highest BCUT2D eigenvalue weighted by atomic mass is 79.9. The molecule has 0 rings (SSSR count). The number of halogens is 1. The van der Waals surface area contributed by atoms with E-state index in [0.29, 0.717) is 0 Å². The van der Waals surface area contributed by atoms with E-state index in [1.807, 2.05) is 13.8 Å². The van der Waals surface area contributed by atoms with Gasteiger partial charge in [-0.1, -0.05) is 29.8 Å². The SMILES string of the molecule is CC(C)(O)CC(C)(C)CBr. The Hall–Kier alpha value is 0.440. The Morgan fingerprint density at radius 3 is 1.70 bits per heavy atom. The van der Waals surface area contributed by atoms with Gasteiger partial charge in [0.2, 0.25) is 0 Å². The smallest absolute Gasteiger partial charge is 0.0597 e. The Labute approximate surface area is 72.0 Å². The molecule has 0 heterocycles. The van der Waals surface area contributed by atoms with Gasteiger partial charge in [-0.2, -0.15) is 0 Å². The summed E-state index contributed by atoms with van der Waals surface area (Å²) in [5.74, 6) is 0. The van der Waals surface area contributed by atoms with Gasteiger partial charge in [-0.3, -0.25) is 0 Å². The number of hydrogen-bond donors (Lipinski definition) is 1. The van der Waals surface area contributed by atoms with Crippen LogP contribution < -0.4 is 0 Å². The first-order valence-corrected chi connectivity index (χ1v) is 4.67. The van der Waals surface area contributed by atoms with Gasteiger partial charge in [-0.05, 0) is 25.7 Å². The molecule has 0 aliphatic carbocycles. The van der Waals surface area contributed by atoms with Crippen molar-refractivity contribution in [3.05, 3.63) is 0 Å². The monoisotopic (exact) mass is 208 g/mol. The van der Waals surface area contributed by atoms with Crippen molar-refractivity contribution in [1.82, 2.24) is 0 Å².